The number of aliphatic carboxylic acids is 1. The molecule has 44 heavy (non-hydrogen) atoms. The molecule has 11 N–H and O–H groups in total. The van der Waals surface area contributed by atoms with Crippen LogP contribution in [0.3, 0.4) is 0 Å². The number of carboxylic acid groups (broad SMARTS) is 1. The van der Waals surface area contributed by atoms with Crippen molar-refractivity contribution >= 4 is 47.3 Å². The molecule has 1 rings (SSSR count). The van der Waals surface area contributed by atoms with E-state index in [1.807, 2.05) is 13.8 Å². The normalized spacial score (nSPS) is 17.8. The number of primary amides is 1. The van der Waals surface area contributed by atoms with Crippen LogP contribution in [-0.4, -0.2) is 118 Å². The van der Waals surface area contributed by atoms with Crippen LogP contribution >= 0.6 is 0 Å². The molecule has 1 aliphatic heterocycles. The van der Waals surface area contributed by atoms with E-state index in [1.54, 1.807) is 0 Å². The van der Waals surface area contributed by atoms with Crippen LogP contribution in [0, 0.1) is 5.92 Å². The number of rotatable bonds is 17. The highest BCUT2D eigenvalue weighted by Gasteiger charge is 2.38. The number of nitrogens with two attached hydrogens (primary N) is 2. The number of carbonyl (C=O) groups is 8. The van der Waals surface area contributed by atoms with Gasteiger partial charge in [0.25, 0.3) is 0 Å². The minimum absolute atomic E-state index is 0.0798. The van der Waals surface area contributed by atoms with Crippen LogP contribution in [0.15, 0.2) is 0 Å². The molecule has 0 aromatic heterocycles. The molecule has 1 fully saturated rings. The van der Waals surface area contributed by atoms with Gasteiger partial charge in [0.2, 0.25) is 41.4 Å². The third-order valence-corrected chi connectivity index (χ3v) is 6.65. The monoisotopic (exact) mass is 628 g/mol. The molecule has 1 saturated heterocycles. The Morgan fingerprint density at radius 2 is 1.43 bits per heavy atom. The van der Waals surface area contributed by atoms with Crippen molar-refractivity contribution in [3.05, 3.63) is 0 Å². The highest BCUT2D eigenvalue weighted by molar-refractivity contribution is 5.98. The maximum absolute atomic E-state index is 13.2. The van der Waals surface area contributed by atoms with E-state index in [2.05, 4.69) is 26.6 Å². The fourth-order valence-electron chi connectivity index (χ4n) is 4.39. The van der Waals surface area contributed by atoms with Crippen molar-refractivity contribution in [3.63, 3.8) is 0 Å². The molecule has 6 atom stereocenters. The second kappa shape index (κ2) is 17.7. The molecule has 0 aliphatic carbocycles. The molecule has 1 aliphatic rings. The van der Waals surface area contributed by atoms with E-state index in [-0.39, 0.29) is 18.9 Å². The number of carbonyl (C=O) groups excluding carboxylic acids is 7. The molecule has 0 saturated carbocycles. The lowest BCUT2D eigenvalue weighted by Crippen LogP contribution is -2.59. The highest BCUT2D eigenvalue weighted by atomic mass is 16.4. The van der Waals surface area contributed by atoms with Crippen LogP contribution in [-0.2, 0) is 38.4 Å². The largest absolute Gasteiger partial charge is 0.480 e. The van der Waals surface area contributed by atoms with Gasteiger partial charge in [0.1, 0.15) is 36.8 Å². The van der Waals surface area contributed by atoms with Gasteiger partial charge in [-0.15, -0.1) is 0 Å². The Bertz CT molecular complexity index is 1100. The molecular formula is C26H44N8O10. The van der Waals surface area contributed by atoms with Crippen molar-refractivity contribution in [3.8, 4) is 0 Å². The molecule has 7 amide bonds. The van der Waals surface area contributed by atoms with Crippen LogP contribution in [0.25, 0.3) is 0 Å². The Balaban J connectivity index is 2.88. The fourth-order valence-corrected chi connectivity index (χ4v) is 4.39. The SMILES string of the molecule is CC(C)C[C@H](N)C(=O)N[C@@H](CO)C(=O)N[C@@H](CC(N)=O)C(=O)N[C@@H](C)C(=O)N1CCC[C@H]1C(=O)N[C@@H](C)C(=O)NCC(=O)O. The van der Waals surface area contributed by atoms with Crippen molar-refractivity contribution < 1.29 is 48.6 Å². The number of hydrogen-bond acceptors (Lipinski definition) is 10. The van der Waals surface area contributed by atoms with Gasteiger partial charge in [-0.1, -0.05) is 13.8 Å². The second-order valence-corrected chi connectivity index (χ2v) is 11.0. The lowest BCUT2D eigenvalue weighted by Gasteiger charge is -2.29. The smallest absolute Gasteiger partial charge is 0.322 e. The quantitative estimate of drug-likeness (QED) is 0.0738. The number of nitrogens with zero attached hydrogens (tertiary/aromatic N) is 1. The maximum atomic E-state index is 13.2. The summed E-state index contributed by atoms with van der Waals surface area (Å²) in [6, 6.07) is -7.33. The van der Waals surface area contributed by atoms with E-state index in [9.17, 15) is 43.5 Å². The number of carboxylic acids is 1. The number of hydrogen-bond donors (Lipinski definition) is 9. The van der Waals surface area contributed by atoms with Gasteiger partial charge >= 0.3 is 5.97 Å². The molecular weight excluding hydrogens is 584 g/mol. The number of likely N-dealkylation sites (tertiary alicyclic amines) is 1. The van der Waals surface area contributed by atoms with Gasteiger partial charge in [0.15, 0.2) is 0 Å². The Labute approximate surface area is 254 Å². The van der Waals surface area contributed by atoms with Crippen LogP contribution in [0.4, 0.5) is 0 Å². The summed E-state index contributed by atoms with van der Waals surface area (Å²) in [5.74, 6) is -6.89. The first-order valence-corrected chi connectivity index (χ1v) is 14.1. The first-order chi connectivity index (χ1) is 20.5. The van der Waals surface area contributed by atoms with Crippen LogP contribution < -0.4 is 38.1 Å². The molecule has 248 valence electrons. The summed E-state index contributed by atoms with van der Waals surface area (Å²) < 4.78 is 0. The second-order valence-electron chi connectivity index (χ2n) is 11.0. The van der Waals surface area contributed by atoms with Gasteiger partial charge in [-0.25, -0.2) is 0 Å². The van der Waals surface area contributed by atoms with Gasteiger partial charge in [-0.3, -0.25) is 38.4 Å². The summed E-state index contributed by atoms with van der Waals surface area (Å²) in [7, 11) is 0. The lowest BCUT2D eigenvalue weighted by molar-refractivity contribution is -0.142. The number of nitrogens with one attached hydrogen (secondary N) is 5. The molecule has 18 nitrogen and oxygen atoms in total. The Morgan fingerprint density at radius 1 is 0.841 bits per heavy atom. The molecule has 0 aromatic rings. The van der Waals surface area contributed by atoms with E-state index in [4.69, 9.17) is 16.6 Å². The predicted molar refractivity (Wildman–Crippen MR) is 153 cm³/mol. The molecule has 0 spiro atoms. The maximum Gasteiger partial charge on any atom is 0.322 e. The predicted octanol–water partition coefficient (Wildman–Crippen LogP) is -4.60. The van der Waals surface area contributed by atoms with Crippen molar-refractivity contribution in [2.45, 2.75) is 89.6 Å². The minimum atomic E-state index is -1.58. The molecule has 1 heterocycles. The standard InChI is InChI=1S/C26H44N8O10/c1-12(2)8-15(27)22(40)33-17(11-35)24(42)32-16(9-19(28)36)23(41)31-14(4)26(44)34-7-5-6-18(34)25(43)30-13(3)21(39)29-10-20(37)38/h12-18,35H,5-11,27H2,1-4H3,(H2,28,36)(H,29,39)(H,30,43)(H,31,41)(H,32,42)(H,33,40)(H,37,38)/t13-,14-,15-,16-,17-,18-/m0/s1. The highest BCUT2D eigenvalue weighted by Crippen LogP contribution is 2.19. The number of amides is 7. The summed E-state index contributed by atoms with van der Waals surface area (Å²) in [5.41, 5.74) is 11.0. The Morgan fingerprint density at radius 3 is 1.98 bits per heavy atom. The van der Waals surface area contributed by atoms with Gasteiger partial charge < -0.3 is 53.2 Å². The summed E-state index contributed by atoms with van der Waals surface area (Å²) in [6.07, 6.45) is 0.343. The topological polar surface area (TPSA) is 292 Å². The van der Waals surface area contributed by atoms with Gasteiger partial charge in [0.05, 0.1) is 19.1 Å². The third kappa shape index (κ3) is 12.1. The summed E-state index contributed by atoms with van der Waals surface area (Å²) >= 11 is 0. The Hall–Kier alpha value is -4.32. The first kappa shape index (κ1) is 37.7. The lowest BCUT2D eigenvalue weighted by atomic mass is 10.0. The third-order valence-electron chi connectivity index (χ3n) is 6.65. The zero-order chi connectivity index (χ0) is 33.7. The molecule has 0 unspecified atom stereocenters. The van der Waals surface area contributed by atoms with Crippen LogP contribution in [0.1, 0.15) is 53.4 Å². The summed E-state index contributed by atoms with van der Waals surface area (Å²) in [5, 5.41) is 29.8. The van der Waals surface area contributed by atoms with E-state index >= 15 is 0 Å². The van der Waals surface area contributed by atoms with E-state index in [0.717, 1.165) is 0 Å². The number of aliphatic hydroxyl groups is 1. The van der Waals surface area contributed by atoms with E-state index in [1.165, 1.54) is 18.7 Å². The molecule has 18 heteroatoms. The van der Waals surface area contributed by atoms with Crippen molar-refractivity contribution in [1.29, 1.82) is 0 Å². The average molecular weight is 629 g/mol. The average Bonchev–Trinajstić information content (AvgIpc) is 3.42. The van der Waals surface area contributed by atoms with Gasteiger partial charge in [-0.05, 0) is 39.0 Å². The van der Waals surface area contributed by atoms with Gasteiger partial charge in [0, 0.05) is 6.54 Å². The van der Waals surface area contributed by atoms with E-state index < -0.39 is 103 Å². The molecule has 0 radical (unpaired) electrons. The zero-order valence-electron chi connectivity index (χ0n) is 25.3. The first-order valence-electron chi connectivity index (χ1n) is 14.1. The molecule has 0 aromatic carbocycles. The zero-order valence-corrected chi connectivity index (χ0v) is 25.3. The minimum Gasteiger partial charge on any atom is -0.480 e. The number of aliphatic hydroxyl groups excluding tert-OH is 1. The van der Waals surface area contributed by atoms with Crippen LogP contribution in [0.2, 0.25) is 0 Å². The van der Waals surface area contributed by atoms with Crippen molar-refractivity contribution in [1.82, 2.24) is 31.5 Å². The van der Waals surface area contributed by atoms with Crippen molar-refractivity contribution in [2.75, 3.05) is 19.7 Å². The van der Waals surface area contributed by atoms with Crippen molar-refractivity contribution in [2.24, 2.45) is 17.4 Å². The summed E-state index contributed by atoms with van der Waals surface area (Å²) in [4.78, 5) is 99.6. The Kier molecular flexibility index (Phi) is 15.2. The summed E-state index contributed by atoms with van der Waals surface area (Å²) in [6.45, 7) is 5.04. The van der Waals surface area contributed by atoms with Gasteiger partial charge in [-0.2, -0.15) is 0 Å². The molecule has 0 bridgehead atoms. The van der Waals surface area contributed by atoms with E-state index in [0.29, 0.717) is 12.8 Å². The van der Waals surface area contributed by atoms with Crippen LogP contribution in [0.5, 0.6) is 0 Å². The fraction of sp³-hybridized carbons (Fsp3) is 0.692.